The predicted octanol–water partition coefficient (Wildman–Crippen LogP) is -0.404. The molecule has 2 aromatic rings. The molecule has 2 aliphatic rings. The lowest BCUT2D eigenvalue weighted by molar-refractivity contribution is 0.0694. The van der Waals surface area contributed by atoms with Crippen molar-refractivity contribution in [3.63, 3.8) is 0 Å². The van der Waals surface area contributed by atoms with E-state index in [1.165, 1.54) is 4.31 Å². The van der Waals surface area contributed by atoms with Crippen LogP contribution < -0.4 is 0 Å². The van der Waals surface area contributed by atoms with Crippen molar-refractivity contribution >= 4 is 21.8 Å². The number of rotatable bonds is 3. The van der Waals surface area contributed by atoms with Crippen LogP contribution in [-0.4, -0.2) is 107 Å². The molecule has 4 heterocycles. The smallest absolute Gasteiger partial charge is 0.282 e. The van der Waals surface area contributed by atoms with E-state index in [1.54, 1.807) is 19.9 Å². The molecule has 0 bridgehead atoms. The zero-order chi connectivity index (χ0) is 20.8. The van der Waals surface area contributed by atoms with E-state index < -0.39 is 10.2 Å². The molecule has 29 heavy (non-hydrogen) atoms. The Bertz CT molecular complexity index is 1020. The fourth-order valence-electron chi connectivity index (χ4n) is 3.90. The van der Waals surface area contributed by atoms with Crippen LogP contribution in [0.2, 0.25) is 0 Å². The fraction of sp³-hybridized carbons (Fsp3) is 0.611. The first-order valence-corrected chi connectivity index (χ1v) is 11.2. The molecule has 0 N–H and O–H groups in total. The lowest BCUT2D eigenvalue weighted by Crippen LogP contribution is -2.57. The molecule has 0 saturated carbocycles. The molecule has 2 aliphatic heterocycles. The highest BCUT2D eigenvalue weighted by Crippen LogP contribution is 2.18. The van der Waals surface area contributed by atoms with E-state index in [0.717, 1.165) is 24.5 Å². The molecule has 11 heteroatoms. The van der Waals surface area contributed by atoms with Gasteiger partial charge in [-0.25, -0.2) is 9.50 Å². The molecular weight excluding hydrogens is 394 g/mol. The first-order valence-electron chi connectivity index (χ1n) is 9.82. The largest absolute Gasteiger partial charge is 0.336 e. The van der Waals surface area contributed by atoms with Crippen LogP contribution in [0.25, 0.3) is 5.65 Å². The van der Waals surface area contributed by atoms with Gasteiger partial charge in [-0.2, -0.15) is 22.1 Å². The summed E-state index contributed by atoms with van der Waals surface area (Å²) in [7, 11) is -1.49. The maximum absolute atomic E-state index is 13.0. The lowest BCUT2D eigenvalue weighted by atomic mass is 10.2. The van der Waals surface area contributed by atoms with E-state index in [1.807, 2.05) is 27.0 Å². The second-order valence-corrected chi connectivity index (χ2v) is 9.66. The fourth-order valence-corrected chi connectivity index (χ4v) is 5.47. The zero-order valence-electron chi connectivity index (χ0n) is 17.1. The van der Waals surface area contributed by atoms with Gasteiger partial charge in [0.05, 0.1) is 6.20 Å². The van der Waals surface area contributed by atoms with Crippen LogP contribution >= 0.6 is 0 Å². The molecule has 10 nitrogen and oxygen atoms in total. The quantitative estimate of drug-likeness (QED) is 0.669. The second kappa shape index (κ2) is 7.63. The lowest BCUT2D eigenvalue weighted by Gasteiger charge is -2.39. The van der Waals surface area contributed by atoms with E-state index in [2.05, 4.69) is 15.0 Å². The highest BCUT2D eigenvalue weighted by atomic mass is 32.2. The van der Waals surface area contributed by atoms with Crippen molar-refractivity contribution in [3.05, 3.63) is 29.2 Å². The standard InChI is InChI=1S/C18H27N7O3S/c1-14-12-15(2)25-17(20-14)16(13-19-25)18(26)22-6-10-24(11-7-22)29(27,28)23-8-4-21(3)5-9-23/h12-13H,4-11H2,1-3H3. The Balaban J connectivity index is 1.45. The van der Waals surface area contributed by atoms with E-state index >= 15 is 0 Å². The van der Waals surface area contributed by atoms with Crippen molar-refractivity contribution in [3.8, 4) is 0 Å². The number of fused-ring (bicyclic) bond motifs is 1. The molecule has 2 aromatic heterocycles. The Labute approximate surface area is 170 Å². The van der Waals surface area contributed by atoms with Crippen molar-refractivity contribution in [1.29, 1.82) is 0 Å². The van der Waals surface area contributed by atoms with Crippen molar-refractivity contribution in [1.82, 2.24) is 33.0 Å². The number of carbonyl (C=O) groups excluding carboxylic acids is 1. The molecule has 0 spiro atoms. The van der Waals surface area contributed by atoms with Gasteiger partial charge in [-0.3, -0.25) is 4.79 Å². The van der Waals surface area contributed by atoms with Crippen LogP contribution in [0.3, 0.4) is 0 Å². The summed E-state index contributed by atoms with van der Waals surface area (Å²) in [5, 5.41) is 4.29. The van der Waals surface area contributed by atoms with E-state index in [9.17, 15) is 13.2 Å². The van der Waals surface area contributed by atoms with Crippen LogP contribution in [0.15, 0.2) is 12.3 Å². The molecule has 158 valence electrons. The normalized spacial score (nSPS) is 20.4. The van der Waals surface area contributed by atoms with Crippen molar-refractivity contribution in [2.45, 2.75) is 13.8 Å². The number of likely N-dealkylation sites (N-methyl/N-ethyl adjacent to an activating group) is 1. The summed E-state index contributed by atoms with van der Waals surface area (Å²) >= 11 is 0. The first-order chi connectivity index (χ1) is 13.8. The maximum atomic E-state index is 13.0. The van der Waals surface area contributed by atoms with Crippen LogP contribution in [0, 0.1) is 13.8 Å². The average molecular weight is 422 g/mol. The van der Waals surface area contributed by atoms with Crippen LogP contribution in [0.4, 0.5) is 0 Å². The number of hydrogen-bond donors (Lipinski definition) is 0. The third-order valence-corrected chi connectivity index (χ3v) is 7.68. The van der Waals surface area contributed by atoms with E-state index in [0.29, 0.717) is 50.5 Å². The molecular formula is C18H27N7O3S. The second-order valence-electron chi connectivity index (χ2n) is 7.73. The predicted molar refractivity (Wildman–Crippen MR) is 108 cm³/mol. The molecule has 0 atom stereocenters. The Morgan fingerprint density at radius 3 is 2.17 bits per heavy atom. The van der Waals surface area contributed by atoms with Gasteiger partial charge in [-0.15, -0.1) is 0 Å². The summed E-state index contributed by atoms with van der Waals surface area (Å²) < 4.78 is 30.5. The molecule has 4 rings (SSSR count). The van der Waals surface area contributed by atoms with Crippen molar-refractivity contribution < 1.29 is 13.2 Å². The van der Waals surface area contributed by atoms with Gasteiger partial charge >= 0.3 is 0 Å². The Morgan fingerprint density at radius 2 is 1.55 bits per heavy atom. The maximum Gasteiger partial charge on any atom is 0.282 e. The number of carbonyl (C=O) groups is 1. The number of aryl methyl sites for hydroxylation is 2. The van der Waals surface area contributed by atoms with Crippen LogP contribution in [-0.2, 0) is 10.2 Å². The zero-order valence-corrected chi connectivity index (χ0v) is 17.9. The Morgan fingerprint density at radius 1 is 0.966 bits per heavy atom. The van der Waals surface area contributed by atoms with Gasteiger partial charge in [-0.1, -0.05) is 0 Å². The molecule has 2 saturated heterocycles. The van der Waals surface area contributed by atoms with Gasteiger partial charge in [0.1, 0.15) is 5.56 Å². The number of nitrogens with zero attached hydrogens (tertiary/aromatic N) is 7. The summed E-state index contributed by atoms with van der Waals surface area (Å²) in [6.45, 7) is 7.59. The summed E-state index contributed by atoms with van der Waals surface area (Å²) in [6, 6.07) is 1.91. The Kier molecular flexibility index (Phi) is 5.32. The number of aromatic nitrogens is 3. The van der Waals surface area contributed by atoms with E-state index in [-0.39, 0.29) is 5.91 Å². The third kappa shape index (κ3) is 3.75. The molecule has 0 aromatic carbocycles. The monoisotopic (exact) mass is 421 g/mol. The molecule has 0 unspecified atom stereocenters. The summed E-state index contributed by atoms with van der Waals surface area (Å²) in [5.41, 5.74) is 2.73. The number of amides is 1. The minimum Gasteiger partial charge on any atom is -0.336 e. The molecule has 2 fully saturated rings. The highest BCUT2D eigenvalue weighted by molar-refractivity contribution is 7.86. The summed E-state index contributed by atoms with van der Waals surface area (Å²) in [6.07, 6.45) is 1.55. The molecule has 1 amide bonds. The van der Waals surface area contributed by atoms with Gasteiger partial charge < -0.3 is 9.80 Å². The van der Waals surface area contributed by atoms with Gasteiger partial charge in [0.15, 0.2) is 5.65 Å². The van der Waals surface area contributed by atoms with Crippen molar-refractivity contribution in [2.24, 2.45) is 0 Å². The summed E-state index contributed by atoms with van der Waals surface area (Å²) in [5.74, 6) is -0.158. The number of hydrogen-bond acceptors (Lipinski definition) is 6. The van der Waals surface area contributed by atoms with Gasteiger partial charge in [0.25, 0.3) is 16.1 Å². The van der Waals surface area contributed by atoms with Gasteiger partial charge in [0, 0.05) is 63.7 Å². The molecule has 0 aliphatic carbocycles. The summed E-state index contributed by atoms with van der Waals surface area (Å²) in [4.78, 5) is 21.3. The van der Waals surface area contributed by atoms with Crippen molar-refractivity contribution in [2.75, 3.05) is 59.4 Å². The highest BCUT2D eigenvalue weighted by Gasteiger charge is 2.35. The van der Waals surface area contributed by atoms with Gasteiger partial charge in [0.2, 0.25) is 0 Å². The molecule has 0 radical (unpaired) electrons. The topological polar surface area (TPSA) is 94.4 Å². The number of piperazine rings is 2. The van der Waals surface area contributed by atoms with Crippen LogP contribution in [0.5, 0.6) is 0 Å². The minimum absolute atomic E-state index is 0.158. The van der Waals surface area contributed by atoms with E-state index in [4.69, 9.17) is 0 Å². The first kappa shape index (κ1) is 20.2. The van der Waals surface area contributed by atoms with Gasteiger partial charge in [-0.05, 0) is 27.0 Å². The minimum atomic E-state index is -3.48. The Hall–Kier alpha value is -2.08. The SMILES string of the molecule is Cc1cc(C)n2ncc(C(=O)N3CCN(S(=O)(=O)N4CCN(C)CC4)CC3)c2n1. The average Bonchev–Trinajstić information content (AvgIpc) is 3.12. The van der Waals surface area contributed by atoms with Crippen LogP contribution in [0.1, 0.15) is 21.7 Å². The third-order valence-electron chi connectivity index (χ3n) is 5.65.